The van der Waals surface area contributed by atoms with E-state index in [1.165, 1.54) is 25.5 Å². The molecule has 0 atom stereocenters. The number of hydrogen-bond donors (Lipinski definition) is 2. The lowest BCUT2D eigenvalue weighted by Crippen LogP contribution is -2.24. The summed E-state index contributed by atoms with van der Waals surface area (Å²) in [4.78, 5) is 22.4. The summed E-state index contributed by atoms with van der Waals surface area (Å²) in [6.45, 7) is 2.10. The molecule has 0 saturated heterocycles. The molecular weight excluding hydrogens is 492 g/mol. The van der Waals surface area contributed by atoms with Crippen molar-refractivity contribution in [1.82, 2.24) is 5.43 Å². The summed E-state index contributed by atoms with van der Waals surface area (Å²) in [5.74, 6) is 0.941. The monoisotopic (exact) mass is 512 g/mol. The molecule has 0 radical (unpaired) electrons. The summed E-state index contributed by atoms with van der Waals surface area (Å²) in [6.07, 6.45) is 1.48. The molecule has 0 fully saturated rings. The topological polar surface area (TPSA) is 115 Å². The van der Waals surface area contributed by atoms with Crippen LogP contribution in [0, 0.1) is 17.0 Å². The van der Waals surface area contributed by atoms with Crippen molar-refractivity contribution in [3.05, 3.63) is 91.9 Å². The molecule has 33 heavy (non-hydrogen) atoms. The van der Waals surface area contributed by atoms with Crippen molar-refractivity contribution < 1.29 is 19.2 Å². The molecule has 0 aromatic heterocycles. The predicted octanol–water partition coefficient (Wildman–Crippen LogP) is 5.41. The van der Waals surface area contributed by atoms with Crippen LogP contribution in [0.15, 0.2) is 70.2 Å². The average molecular weight is 513 g/mol. The van der Waals surface area contributed by atoms with Gasteiger partial charge in [0.15, 0.2) is 11.5 Å². The third kappa shape index (κ3) is 6.53. The first kappa shape index (κ1) is 23.7. The second kappa shape index (κ2) is 11.1. The van der Waals surface area contributed by atoms with E-state index in [1.807, 2.05) is 25.1 Å². The van der Waals surface area contributed by atoms with E-state index in [4.69, 9.17) is 9.47 Å². The number of amides is 2. The number of rotatable bonds is 8. The Hall–Kier alpha value is -3.92. The molecule has 0 heterocycles. The number of methoxy groups -OCH3 is 1. The molecule has 0 aliphatic heterocycles. The number of aryl methyl sites for hydroxylation is 1. The van der Waals surface area contributed by atoms with E-state index in [-0.39, 0.29) is 12.3 Å². The van der Waals surface area contributed by atoms with Gasteiger partial charge in [0, 0.05) is 27.9 Å². The fourth-order valence-corrected chi connectivity index (χ4v) is 3.25. The number of carbonyl (C=O) groups excluding carboxylic acids is 1. The summed E-state index contributed by atoms with van der Waals surface area (Å²) in [5, 5.41) is 17.5. The second-order valence-electron chi connectivity index (χ2n) is 6.88. The first-order chi connectivity index (χ1) is 15.9. The third-order valence-electron chi connectivity index (χ3n) is 4.59. The smallest absolute Gasteiger partial charge is 0.339 e. The van der Waals surface area contributed by atoms with E-state index >= 15 is 0 Å². The molecule has 0 bridgehead atoms. The molecule has 9 nitrogen and oxygen atoms in total. The molecule has 0 aliphatic rings. The molecule has 2 N–H and O–H groups in total. The van der Waals surface area contributed by atoms with Gasteiger partial charge in [-0.25, -0.2) is 10.2 Å². The Bertz CT molecular complexity index is 1180. The molecule has 3 aromatic rings. The highest BCUT2D eigenvalue weighted by atomic mass is 79.9. The lowest BCUT2D eigenvalue weighted by Gasteiger charge is -2.13. The molecule has 3 rings (SSSR count). The molecule has 2 amide bonds. The zero-order chi connectivity index (χ0) is 23.8. The number of hydrogen-bond acceptors (Lipinski definition) is 6. The van der Waals surface area contributed by atoms with Gasteiger partial charge < -0.3 is 14.8 Å². The van der Waals surface area contributed by atoms with Crippen LogP contribution in [0.5, 0.6) is 11.5 Å². The van der Waals surface area contributed by atoms with Gasteiger partial charge in [0.05, 0.1) is 18.2 Å². The minimum Gasteiger partial charge on any atom is -0.493 e. The van der Waals surface area contributed by atoms with Crippen LogP contribution in [0.1, 0.15) is 16.7 Å². The van der Waals surface area contributed by atoms with Gasteiger partial charge >= 0.3 is 6.03 Å². The highest BCUT2D eigenvalue weighted by molar-refractivity contribution is 9.10. The molecule has 0 unspecified atom stereocenters. The maximum absolute atomic E-state index is 12.1. The van der Waals surface area contributed by atoms with Gasteiger partial charge in [-0.15, -0.1) is 0 Å². The standard InChI is InChI=1S/C23H21BrN4O5/c1-15-5-3-4-6-20(15)26-23(29)27-25-13-17-11-21(32-2)22(12-19(17)24)33-14-16-7-9-18(10-8-16)28(30)31/h3-13H,14H2,1-2H3,(H2,26,27,29). The van der Waals surface area contributed by atoms with Gasteiger partial charge in [-0.05, 0) is 64.3 Å². The summed E-state index contributed by atoms with van der Waals surface area (Å²) >= 11 is 3.46. The van der Waals surface area contributed by atoms with Crippen LogP contribution in [0.25, 0.3) is 0 Å². The van der Waals surface area contributed by atoms with Gasteiger partial charge in [-0.3, -0.25) is 10.1 Å². The number of urea groups is 1. The zero-order valence-electron chi connectivity index (χ0n) is 17.9. The normalized spacial score (nSPS) is 10.6. The van der Waals surface area contributed by atoms with Crippen LogP contribution >= 0.6 is 15.9 Å². The number of nitro groups is 1. The Kier molecular flexibility index (Phi) is 7.98. The summed E-state index contributed by atoms with van der Waals surface area (Å²) < 4.78 is 11.9. The number of para-hydroxylation sites is 1. The van der Waals surface area contributed by atoms with Crippen LogP contribution in [0.3, 0.4) is 0 Å². The Morgan fingerprint density at radius 1 is 1.15 bits per heavy atom. The SMILES string of the molecule is COc1cc(C=NNC(=O)Nc2ccccc2C)c(Br)cc1OCc1ccc([N+](=O)[O-])cc1. The van der Waals surface area contributed by atoms with Crippen molar-refractivity contribution in [2.45, 2.75) is 13.5 Å². The molecule has 0 spiro atoms. The maximum atomic E-state index is 12.1. The first-order valence-corrected chi connectivity index (χ1v) is 10.6. The number of anilines is 1. The predicted molar refractivity (Wildman–Crippen MR) is 129 cm³/mol. The molecule has 0 saturated carbocycles. The highest BCUT2D eigenvalue weighted by Crippen LogP contribution is 2.33. The minimum absolute atomic E-state index is 0.0175. The van der Waals surface area contributed by atoms with Crippen molar-refractivity contribution in [2.75, 3.05) is 12.4 Å². The number of carbonyl (C=O) groups is 1. The molecule has 10 heteroatoms. The number of benzene rings is 3. The van der Waals surface area contributed by atoms with E-state index in [1.54, 1.807) is 30.3 Å². The number of hydrazone groups is 1. The number of nitrogens with one attached hydrogen (secondary N) is 2. The van der Waals surface area contributed by atoms with Crippen LogP contribution in [-0.4, -0.2) is 24.3 Å². The van der Waals surface area contributed by atoms with E-state index in [0.717, 1.165) is 11.1 Å². The first-order valence-electron chi connectivity index (χ1n) is 9.76. The lowest BCUT2D eigenvalue weighted by molar-refractivity contribution is -0.384. The summed E-state index contributed by atoms with van der Waals surface area (Å²) in [5.41, 5.74) is 5.51. The molecule has 170 valence electrons. The van der Waals surface area contributed by atoms with Crippen molar-refractivity contribution in [2.24, 2.45) is 5.10 Å². The molecule has 3 aromatic carbocycles. The van der Waals surface area contributed by atoms with E-state index < -0.39 is 11.0 Å². The fourth-order valence-electron chi connectivity index (χ4n) is 2.82. The second-order valence-corrected chi connectivity index (χ2v) is 7.73. The Balaban J connectivity index is 1.63. The summed E-state index contributed by atoms with van der Waals surface area (Å²) in [6, 6.07) is 16.5. The molecular formula is C23H21BrN4O5. The maximum Gasteiger partial charge on any atom is 0.339 e. The van der Waals surface area contributed by atoms with E-state index in [0.29, 0.717) is 27.2 Å². The minimum atomic E-state index is -0.466. The van der Waals surface area contributed by atoms with Gasteiger partial charge in [0.2, 0.25) is 0 Å². The number of nitro benzene ring substituents is 1. The largest absolute Gasteiger partial charge is 0.493 e. The van der Waals surface area contributed by atoms with Gasteiger partial charge in [-0.2, -0.15) is 5.10 Å². The highest BCUT2D eigenvalue weighted by Gasteiger charge is 2.11. The fraction of sp³-hybridized carbons (Fsp3) is 0.130. The van der Waals surface area contributed by atoms with E-state index in [9.17, 15) is 14.9 Å². The third-order valence-corrected chi connectivity index (χ3v) is 5.27. The molecule has 0 aliphatic carbocycles. The van der Waals surface area contributed by atoms with Crippen LogP contribution in [0.2, 0.25) is 0 Å². The van der Waals surface area contributed by atoms with Crippen molar-refractivity contribution in [1.29, 1.82) is 0 Å². The summed E-state index contributed by atoms with van der Waals surface area (Å²) in [7, 11) is 1.51. The lowest BCUT2D eigenvalue weighted by atomic mass is 10.2. The number of halogens is 1. The van der Waals surface area contributed by atoms with Gasteiger partial charge in [0.25, 0.3) is 5.69 Å². The average Bonchev–Trinajstić information content (AvgIpc) is 2.80. The van der Waals surface area contributed by atoms with Crippen LogP contribution in [0.4, 0.5) is 16.2 Å². The van der Waals surface area contributed by atoms with Crippen molar-refractivity contribution >= 4 is 39.6 Å². The van der Waals surface area contributed by atoms with Gasteiger partial charge in [-0.1, -0.05) is 18.2 Å². The van der Waals surface area contributed by atoms with Crippen molar-refractivity contribution in [3.63, 3.8) is 0 Å². The zero-order valence-corrected chi connectivity index (χ0v) is 19.5. The van der Waals surface area contributed by atoms with Gasteiger partial charge in [0.1, 0.15) is 6.61 Å². The van der Waals surface area contributed by atoms with Crippen LogP contribution < -0.4 is 20.2 Å². The Morgan fingerprint density at radius 2 is 1.88 bits per heavy atom. The number of ether oxygens (including phenoxy) is 2. The van der Waals surface area contributed by atoms with Crippen LogP contribution in [-0.2, 0) is 6.61 Å². The Morgan fingerprint density at radius 3 is 2.55 bits per heavy atom. The van der Waals surface area contributed by atoms with E-state index in [2.05, 4.69) is 31.8 Å². The van der Waals surface area contributed by atoms with Crippen molar-refractivity contribution in [3.8, 4) is 11.5 Å². The number of non-ortho nitro benzene ring substituents is 1. The quantitative estimate of drug-likeness (QED) is 0.238. The Labute approximate surface area is 198 Å². The number of nitrogens with zero attached hydrogens (tertiary/aromatic N) is 2.